The second-order valence-electron chi connectivity index (χ2n) is 2.60. The number of rotatable bonds is 3. The largest absolute Gasteiger partial charge is 0.320 e. The molecule has 4 heteroatoms. The predicted molar refractivity (Wildman–Crippen MR) is 56.2 cm³/mol. The summed E-state index contributed by atoms with van der Waals surface area (Å²) in [5.74, 6) is 0. The molecule has 2 nitrogen and oxygen atoms in total. The van der Waals surface area contributed by atoms with Gasteiger partial charge in [0, 0.05) is 0 Å². The van der Waals surface area contributed by atoms with E-state index in [1.54, 1.807) is 0 Å². The van der Waals surface area contributed by atoms with Crippen LogP contribution >= 0.6 is 24.0 Å². The molecule has 0 saturated carbocycles. The normalized spacial score (nSPS) is 11.5. The van der Waals surface area contributed by atoms with Crippen LogP contribution in [0.1, 0.15) is 5.56 Å². The summed E-state index contributed by atoms with van der Waals surface area (Å²) in [5.41, 5.74) is 6.49. The summed E-state index contributed by atoms with van der Waals surface area (Å²) in [6.07, 6.45) is 0.503. The van der Waals surface area contributed by atoms with Crippen LogP contribution in [-0.4, -0.2) is 11.3 Å². The molecule has 0 saturated heterocycles. The third kappa shape index (κ3) is 4.27. The number of hydrogen-bond donors (Lipinski definition) is 1. The van der Waals surface area contributed by atoms with Crippen molar-refractivity contribution in [3.63, 3.8) is 0 Å². The van der Waals surface area contributed by atoms with Crippen molar-refractivity contribution in [2.75, 3.05) is 0 Å². The fourth-order valence-electron chi connectivity index (χ4n) is 0.948. The molecule has 0 spiro atoms. The lowest BCUT2D eigenvalue weighted by molar-refractivity contribution is -0.112. The zero-order valence-electron chi connectivity index (χ0n) is 6.94. The molecule has 0 aliphatic carbocycles. The maximum Gasteiger partial charge on any atom is 0.238 e. The molecule has 2 N–H and O–H groups in total. The molecule has 0 bridgehead atoms. The summed E-state index contributed by atoms with van der Waals surface area (Å²) < 4.78 is 0. The highest BCUT2D eigenvalue weighted by Crippen LogP contribution is 2.03. The average molecular weight is 220 g/mol. The van der Waals surface area contributed by atoms with Crippen molar-refractivity contribution in [1.82, 2.24) is 0 Å². The van der Waals surface area contributed by atoms with Crippen molar-refractivity contribution in [2.45, 2.75) is 12.5 Å². The van der Waals surface area contributed by atoms with E-state index in [0.717, 1.165) is 5.56 Å². The standard InChI is InChI=1S/C9H10ClNO.ClH/c10-9(12)8(11)6-7-4-2-1-3-5-7;/h1-5,8H,6,11H2;1H. The highest BCUT2D eigenvalue weighted by molar-refractivity contribution is 6.64. The molecule has 1 aromatic carbocycles. The van der Waals surface area contributed by atoms with E-state index in [1.165, 1.54) is 0 Å². The van der Waals surface area contributed by atoms with E-state index >= 15 is 0 Å². The third-order valence-corrected chi connectivity index (χ3v) is 1.87. The Hall–Kier alpha value is -0.570. The Morgan fingerprint density at radius 3 is 2.38 bits per heavy atom. The van der Waals surface area contributed by atoms with E-state index in [0.29, 0.717) is 6.42 Å². The van der Waals surface area contributed by atoms with Crippen molar-refractivity contribution in [1.29, 1.82) is 0 Å². The summed E-state index contributed by atoms with van der Waals surface area (Å²) in [4.78, 5) is 10.6. The summed E-state index contributed by atoms with van der Waals surface area (Å²) in [6.45, 7) is 0. The monoisotopic (exact) mass is 219 g/mol. The SMILES string of the molecule is Cl.NC(Cc1ccccc1)C(=O)Cl. The minimum atomic E-state index is -0.589. The van der Waals surface area contributed by atoms with Crippen LogP contribution in [0.4, 0.5) is 0 Å². The van der Waals surface area contributed by atoms with Crippen LogP contribution in [0.5, 0.6) is 0 Å². The Bertz CT molecular complexity index is 264. The molecular formula is C9H11Cl2NO. The van der Waals surface area contributed by atoms with Gasteiger partial charge in [-0.2, -0.15) is 0 Å². The van der Waals surface area contributed by atoms with Crippen LogP contribution in [-0.2, 0) is 11.2 Å². The van der Waals surface area contributed by atoms with Crippen LogP contribution in [0.3, 0.4) is 0 Å². The van der Waals surface area contributed by atoms with Crippen LogP contribution in [0.2, 0.25) is 0 Å². The van der Waals surface area contributed by atoms with Crippen molar-refractivity contribution >= 4 is 29.3 Å². The van der Waals surface area contributed by atoms with E-state index in [9.17, 15) is 4.79 Å². The summed E-state index contributed by atoms with van der Waals surface area (Å²) in [7, 11) is 0. The second kappa shape index (κ2) is 5.97. The van der Waals surface area contributed by atoms with Gasteiger partial charge in [0.05, 0.1) is 6.04 Å². The summed E-state index contributed by atoms with van der Waals surface area (Å²) >= 11 is 5.21. The zero-order valence-corrected chi connectivity index (χ0v) is 8.52. The van der Waals surface area contributed by atoms with Gasteiger partial charge in [-0.15, -0.1) is 12.4 Å². The fourth-order valence-corrected chi connectivity index (χ4v) is 1.03. The van der Waals surface area contributed by atoms with E-state index < -0.39 is 11.3 Å². The lowest BCUT2D eigenvalue weighted by atomic mass is 10.1. The Kier molecular flexibility index (Phi) is 5.71. The number of carbonyl (C=O) groups is 1. The number of benzene rings is 1. The molecule has 1 aromatic rings. The number of nitrogens with two attached hydrogens (primary N) is 1. The van der Waals surface area contributed by atoms with Gasteiger partial charge in [-0.05, 0) is 23.6 Å². The molecule has 1 rings (SSSR count). The van der Waals surface area contributed by atoms with E-state index in [-0.39, 0.29) is 12.4 Å². The fraction of sp³-hybridized carbons (Fsp3) is 0.222. The van der Waals surface area contributed by atoms with Gasteiger partial charge in [-0.3, -0.25) is 4.79 Å². The van der Waals surface area contributed by atoms with Crippen LogP contribution < -0.4 is 5.73 Å². The molecule has 0 amide bonds. The molecule has 0 aliphatic rings. The van der Waals surface area contributed by atoms with Gasteiger partial charge in [0.15, 0.2) is 0 Å². The van der Waals surface area contributed by atoms with Crippen LogP contribution in [0.25, 0.3) is 0 Å². The van der Waals surface area contributed by atoms with Crippen molar-refractivity contribution in [3.05, 3.63) is 35.9 Å². The Labute approximate surface area is 88.5 Å². The molecule has 0 heterocycles. The molecule has 0 radical (unpaired) electrons. The maximum atomic E-state index is 10.6. The number of halogens is 2. The molecule has 1 unspecified atom stereocenters. The zero-order chi connectivity index (χ0) is 8.97. The molecule has 0 fully saturated rings. The molecule has 13 heavy (non-hydrogen) atoms. The van der Waals surface area contributed by atoms with Gasteiger partial charge in [0.2, 0.25) is 5.24 Å². The first kappa shape index (κ1) is 12.4. The second-order valence-corrected chi connectivity index (χ2v) is 2.97. The summed E-state index contributed by atoms with van der Waals surface area (Å²) in [5, 5.41) is -0.487. The Balaban J connectivity index is 0.00000144. The highest BCUT2D eigenvalue weighted by atomic mass is 35.5. The van der Waals surface area contributed by atoms with Gasteiger partial charge < -0.3 is 5.73 Å². The lowest BCUT2D eigenvalue weighted by Gasteiger charge is -2.04. The maximum absolute atomic E-state index is 10.6. The van der Waals surface area contributed by atoms with Crippen LogP contribution in [0, 0.1) is 0 Å². The lowest BCUT2D eigenvalue weighted by Crippen LogP contribution is -2.29. The van der Waals surface area contributed by atoms with E-state index in [1.807, 2.05) is 30.3 Å². The predicted octanol–water partition coefficient (Wildman–Crippen LogP) is 1.74. The van der Waals surface area contributed by atoms with Gasteiger partial charge in [-0.25, -0.2) is 0 Å². The van der Waals surface area contributed by atoms with E-state index in [2.05, 4.69) is 0 Å². The van der Waals surface area contributed by atoms with Crippen molar-refractivity contribution in [2.24, 2.45) is 5.73 Å². The average Bonchev–Trinajstić information content (AvgIpc) is 2.06. The first-order valence-corrected chi connectivity index (χ1v) is 4.07. The van der Waals surface area contributed by atoms with Crippen molar-refractivity contribution in [3.8, 4) is 0 Å². The third-order valence-electron chi connectivity index (χ3n) is 1.59. The topological polar surface area (TPSA) is 43.1 Å². The molecular weight excluding hydrogens is 209 g/mol. The summed E-state index contributed by atoms with van der Waals surface area (Å²) in [6, 6.07) is 8.97. The first-order valence-electron chi connectivity index (χ1n) is 3.69. The molecule has 0 aromatic heterocycles. The number of carbonyl (C=O) groups excluding carboxylic acids is 1. The smallest absolute Gasteiger partial charge is 0.238 e. The van der Waals surface area contributed by atoms with Gasteiger partial charge >= 0.3 is 0 Å². The minimum absolute atomic E-state index is 0. The first-order chi connectivity index (χ1) is 5.70. The van der Waals surface area contributed by atoms with E-state index in [4.69, 9.17) is 17.3 Å². The highest BCUT2D eigenvalue weighted by Gasteiger charge is 2.09. The molecule has 72 valence electrons. The van der Waals surface area contributed by atoms with Gasteiger partial charge in [0.1, 0.15) is 0 Å². The van der Waals surface area contributed by atoms with Gasteiger partial charge in [-0.1, -0.05) is 30.3 Å². The van der Waals surface area contributed by atoms with Gasteiger partial charge in [0.25, 0.3) is 0 Å². The van der Waals surface area contributed by atoms with Crippen molar-refractivity contribution < 1.29 is 4.79 Å². The Morgan fingerprint density at radius 2 is 1.92 bits per heavy atom. The molecule has 0 aliphatic heterocycles. The van der Waals surface area contributed by atoms with Crippen LogP contribution in [0.15, 0.2) is 30.3 Å². The number of hydrogen-bond acceptors (Lipinski definition) is 2. The molecule has 1 atom stereocenters. The Morgan fingerprint density at radius 1 is 1.38 bits per heavy atom. The quantitative estimate of drug-likeness (QED) is 0.788. The minimum Gasteiger partial charge on any atom is -0.320 e.